The van der Waals surface area contributed by atoms with Crippen molar-refractivity contribution < 1.29 is 9.53 Å². The second-order valence-corrected chi connectivity index (χ2v) is 9.61. The Bertz CT molecular complexity index is 863. The quantitative estimate of drug-likeness (QED) is 0.542. The summed E-state index contributed by atoms with van der Waals surface area (Å²) >= 11 is 0. The van der Waals surface area contributed by atoms with Crippen molar-refractivity contribution in [1.82, 2.24) is 5.32 Å². The van der Waals surface area contributed by atoms with Gasteiger partial charge in [-0.15, -0.1) is 0 Å². The van der Waals surface area contributed by atoms with Crippen molar-refractivity contribution in [2.75, 3.05) is 7.05 Å². The summed E-state index contributed by atoms with van der Waals surface area (Å²) in [6, 6.07) is 13.0. The lowest BCUT2D eigenvalue weighted by Crippen LogP contribution is -2.51. The van der Waals surface area contributed by atoms with Crippen LogP contribution >= 0.6 is 0 Å². The van der Waals surface area contributed by atoms with Crippen molar-refractivity contribution in [1.29, 1.82) is 0 Å². The number of hydrogen-bond acceptors (Lipinski definition) is 3. The maximum absolute atomic E-state index is 13.2. The second kappa shape index (κ2) is 6.88. The van der Waals surface area contributed by atoms with Crippen molar-refractivity contribution in [2.45, 2.75) is 57.9 Å². The van der Waals surface area contributed by atoms with E-state index in [4.69, 9.17) is 4.74 Å². The third kappa shape index (κ3) is 3.04. The number of esters is 1. The summed E-state index contributed by atoms with van der Waals surface area (Å²) < 4.78 is 5.98. The molecule has 0 amide bonds. The number of nitrogens with one attached hydrogen (secondary N) is 1. The Morgan fingerprint density at radius 1 is 1.04 bits per heavy atom. The molecule has 1 unspecified atom stereocenters. The van der Waals surface area contributed by atoms with Crippen LogP contribution in [0.5, 0.6) is 5.75 Å². The molecule has 2 aromatic rings. The summed E-state index contributed by atoms with van der Waals surface area (Å²) in [4.78, 5) is 13.2. The van der Waals surface area contributed by atoms with Gasteiger partial charge in [-0.2, -0.15) is 0 Å². The predicted octanol–water partition coefficient (Wildman–Crippen LogP) is 5.63. The van der Waals surface area contributed by atoms with Gasteiger partial charge in [-0.1, -0.05) is 25.1 Å². The number of carbonyl (C=O) groups is 1. The number of fused-ring (bicyclic) bond motifs is 1. The van der Waals surface area contributed by atoms with Crippen molar-refractivity contribution in [3.05, 3.63) is 42.0 Å². The molecule has 1 N–H and O–H groups in total. The van der Waals surface area contributed by atoms with Crippen LogP contribution in [0.2, 0.25) is 0 Å². The lowest BCUT2D eigenvalue weighted by Gasteiger charge is -2.55. The Kier molecular flexibility index (Phi) is 4.46. The van der Waals surface area contributed by atoms with Gasteiger partial charge >= 0.3 is 5.97 Å². The van der Waals surface area contributed by atoms with E-state index < -0.39 is 0 Å². The standard InChI is InChI=1S/C25H31NO2/c1-3-23(26-2)21-5-4-20-12-22(7-6-19(20)11-21)28-24(27)25-13-16-8-17(14-25)10-18(9-16)15-25/h4-7,11-12,16-18,23,26H,3,8-10,13-15H2,1-2H3. The molecule has 3 nitrogen and oxygen atoms in total. The third-order valence-electron chi connectivity index (χ3n) is 7.68. The molecule has 0 saturated heterocycles. The number of hydrogen-bond donors (Lipinski definition) is 1. The first-order chi connectivity index (χ1) is 13.6. The fourth-order valence-electron chi connectivity index (χ4n) is 6.70. The van der Waals surface area contributed by atoms with Crippen LogP contribution in [-0.4, -0.2) is 13.0 Å². The Morgan fingerprint density at radius 3 is 2.25 bits per heavy atom. The molecule has 0 heterocycles. The minimum atomic E-state index is -0.200. The summed E-state index contributed by atoms with van der Waals surface area (Å²) in [7, 11) is 2.01. The summed E-state index contributed by atoms with van der Waals surface area (Å²) in [6.07, 6.45) is 8.25. The van der Waals surface area contributed by atoms with Crippen molar-refractivity contribution in [3.63, 3.8) is 0 Å². The van der Waals surface area contributed by atoms with Crippen molar-refractivity contribution >= 4 is 16.7 Å². The molecule has 1 atom stereocenters. The Balaban J connectivity index is 1.36. The van der Waals surface area contributed by atoms with E-state index in [0.29, 0.717) is 11.8 Å². The van der Waals surface area contributed by atoms with E-state index >= 15 is 0 Å². The summed E-state index contributed by atoms with van der Waals surface area (Å²) in [6.45, 7) is 2.19. The fourth-order valence-corrected chi connectivity index (χ4v) is 6.70. The zero-order valence-corrected chi connectivity index (χ0v) is 17.0. The van der Waals surface area contributed by atoms with Crippen molar-refractivity contribution in [2.24, 2.45) is 23.2 Å². The smallest absolute Gasteiger partial charge is 0.317 e. The third-order valence-corrected chi connectivity index (χ3v) is 7.68. The number of carbonyl (C=O) groups excluding carboxylic acids is 1. The molecule has 4 bridgehead atoms. The van der Waals surface area contributed by atoms with Gasteiger partial charge in [-0.25, -0.2) is 0 Å². The van der Waals surface area contributed by atoms with Gasteiger partial charge in [0.05, 0.1) is 5.41 Å². The molecule has 148 valence electrons. The molecule has 2 aromatic carbocycles. The van der Waals surface area contributed by atoms with Gasteiger partial charge in [0.2, 0.25) is 0 Å². The molecule has 0 radical (unpaired) electrons. The van der Waals surface area contributed by atoms with Crippen LogP contribution in [0.25, 0.3) is 10.8 Å². The van der Waals surface area contributed by atoms with E-state index in [9.17, 15) is 4.79 Å². The molecular formula is C25H31NO2. The molecule has 0 spiro atoms. The average molecular weight is 378 g/mol. The van der Waals surface area contributed by atoms with Crippen LogP contribution in [0, 0.1) is 23.2 Å². The van der Waals surface area contributed by atoms with Crippen LogP contribution in [0.15, 0.2) is 36.4 Å². The summed E-state index contributed by atoms with van der Waals surface area (Å²) in [5.74, 6) is 3.00. The van der Waals surface area contributed by atoms with Crippen LogP contribution in [0.4, 0.5) is 0 Å². The van der Waals surface area contributed by atoms with Gasteiger partial charge in [-0.3, -0.25) is 4.79 Å². The van der Waals surface area contributed by atoms with E-state index in [-0.39, 0.29) is 11.4 Å². The first kappa shape index (κ1) is 18.2. The zero-order chi connectivity index (χ0) is 19.3. The van der Waals surface area contributed by atoms with E-state index in [1.54, 1.807) is 0 Å². The van der Waals surface area contributed by atoms with Crippen molar-refractivity contribution in [3.8, 4) is 5.75 Å². The van der Waals surface area contributed by atoms with Gasteiger partial charge in [0, 0.05) is 6.04 Å². The van der Waals surface area contributed by atoms with E-state index in [2.05, 4.69) is 36.5 Å². The SMILES string of the molecule is CCC(NC)c1ccc2cc(OC(=O)C34CC5CC(CC(C5)C3)C4)ccc2c1. The normalized spacial score (nSPS) is 31.9. The summed E-state index contributed by atoms with van der Waals surface area (Å²) in [5, 5.41) is 5.69. The summed E-state index contributed by atoms with van der Waals surface area (Å²) in [5.41, 5.74) is 1.10. The maximum Gasteiger partial charge on any atom is 0.317 e. The molecule has 4 fully saturated rings. The van der Waals surface area contributed by atoms with E-state index in [1.165, 1.54) is 30.2 Å². The maximum atomic E-state index is 13.2. The van der Waals surface area contributed by atoms with Crippen LogP contribution in [0.3, 0.4) is 0 Å². The minimum Gasteiger partial charge on any atom is -0.426 e. The number of ether oxygens (including phenoxy) is 1. The molecule has 6 rings (SSSR count). The molecule has 0 aromatic heterocycles. The van der Waals surface area contributed by atoms with Gasteiger partial charge < -0.3 is 10.1 Å². The Labute approximate surface area is 167 Å². The topological polar surface area (TPSA) is 38.3 Å². The highest BCUT2D eigenvalue weighted by molar-refractivity contribution is 5.86. The molecule has 4 aliphatic rings. The first-order valence-corrected chi connectivity index (χ1v) is 11.0. The zero-order valence-electron chi connectivity index (χ0n) is 17.0. The fraction of sp³-hybridized carbons (Fsp3) is 0.560. The van der Waals surface area contributed by atoms with Gasteiger partial charge in [0.1, 0.15) is 5.75 Å². The predicted molar refractivity (Wildman–Crippen MR) is 112 cm³/mol. The first-order valence-electron chi connectivity index (χ1n) is 11.0. The van der Waals surface area contributed by atoms with Gasteiger partial charge in [0.15, 0.2) is 0 Å². The lowest BCUT2D eigenvalue weighted by molar-refractivity contribution is -0.161. The number of rotatable bonds is 5. The van der Waals surface area contributed by atoms with E-state index in [1.807, 2.05) is 19.2 Å². The van der Waals surface area contributed by atoms with Crippen LogP contribution < -0.4 is 10.1 Å². The van der Waals surface area contributed by atoms with Gasteiger partial charge in [0.25, 0.3) is 0 Å². The largest absolute Gasteiger partial charge is 0.426 e. The monoisotopic (exact) mass is 377 g/mol. The second-order valence-electron chi connectivity index (χ2n) is 9.61. The van der Waals surface area contributed by atoms with Gasteiger partial charge in [-0.05, 0) is 104 Å². The highest BCUT2D eigenvalue weighted by atomic mass is 16.5. The Morgan fingerprint density at radius 2 is 1.64 bits per heavy atom. The minimum absolute atomic E-state index is 0.0313. The molecule has 4 saturated carbocycles. The lowest BCUT2D eigenvalue weighted by atomic mass is 9.49. The molecule has 0 aliphatic heterocycles. The van der Waals surface area contributed by atoms with Crippen LogP contribution in [-0.2, 0) is 4.79 Å². The molecular weight excluding hydrogens is 346 g/mol. The highest BCUT2D eigenvalue weighted by Crippen LogP contribution is 2.60. The average Bonchev–Trinajstić information content (AvgIpc) is 2.68. The molecule has 4 aliphatic carbocycles. The molecule has 28 heavy (non-hydrogen) atoms. The van der Waals surface area contributed by atoms with E-state index in [0.717, 1.165) is 48.8 Å². The number of benzene rings is 2. The molecule has 3 heteroatoms. The highest BCUT2D eigenvalue weighted by Gasteiger charge is 2.55. The Hall–Kier alpha value is -1.87. The van der Waals surface area contributed by atoms with Crippen LogP contribution in [0.1, 0.15) is 63.5 Å².